The van der Waals surface area contributed by atoms with Crippen molar-refractivity contribution < 1.29 is 23.8 Å². The maximum atomic E-state index is 12.7. The standard InChI is InChI=1S/C26H26N6O5/c1-35-21-10-4-18(5-11-21)16-27-31-25(33)24(30-29-20-8-14-23(37-3)15-9-20)26(34)32-28-17-19-6-12-22(36-2)13-7-19/h4-17,29H,1-3H3,(H,31,33)(H,32,34). The van der Waals surface area contributed by atoms with Gasteiger partial charge in [-0.3, -0.25) is 15.0 Å². The van der Waals surface area contributed by atoms with Crippen LogP contribution in [0.15, 0.2) is 88.1 Å². The number of amides is 2. The van der Waals surface area contributed by atoms with Crippen LogP contribution in [0.2, 0.25) is 0 Å². The quantitative estimate of drug-likeness (QED) is 0.210. The fourth-order valence-electron chi connectivity index (χ4n) is 2.81. The van der Waals surface area contributed by atoms with E-state index in [0.717, 1.165) is 0 Å². The number of ether oxygens (including phenoxy) is 3. The normalized spacial score (nSPS) is 10.6. The lowest BCUT2D eigenvalue weighted by Gasteiger charge is -2.06. The third-order valence-electron chi connectivity index (χ3n) is 4.81. The molecule has 0 spiro atoms. The Morgan fingerprint density at radius 2 is 1.00 bits per heavy atom. The van der Waals surface area contributed by atoms with Gasteiger partial charge in [0.15, 0.2) is 0 Å². The molecule has 0 aliphatic heterocycles. The Balaban J connectivity index is 1.71. The van der Waals surface area contributed by atoms with Crippen molar-refractivity contribution in [3.63, 3.8) is 0 Å². The zero-order valence-electron chi connectivity index (χ0n) is 20.5. The lowest BCUT2D eigenvalue weighted by molar-refractivity contribution is -0.118. The molecule has 37 heavy (non-hydrogen) atoms. The highest BCUT2D eigenvalue weighted by Gasteiger charge is 2.20. The van der Waals surface area contributed by atoms with Gasteiger partial charge < -0.3 is 14.2 Å². The summed E-state index contributed by atoms with van der Waals surface area (Å²) >= 11 is 0. The van der Waals surface area contributed by atoms with E-state index in [9.17, 15) is 9.59 Å². The average molecular weight is 503 g/mol. The lowest BCUT2D eigenvalue weighted by Crippen LogP contribution is -2.39. The molecular weight excluding hydrogens is 476 g/mol. The van der Waals surface area contributed by atoms with Crippen LogP contribution in [0.3, 0.4) is 0 Å². The van der Waals surface area contributed by atoms with Crippen LogP contribution >= 0.6 is 0 Å². The van der Waals surface area contributed by atoms with E-state index in [4.69, 9.17) is 14.2 Å². The van der Waals surface area contributed by atoms with E-state index in [1.54, 1.807) is 94.1 Å². The van der Waals surface area contributed by atoms with E-state index in [-0.39, 0.29) is 0 Å². The number of methoxy groups -OCH3 is 3. The number of hydrogen-bond donors (Lipinski definition) is 3. The van der Waals surface area contributed by atoms with Crippen molar-refractivity contribution in [3.05, 3.63) is 83.9 Å². The first-order valence-corrected chi connectivity index (χ1v) is 10.9. The minimum atomic E-state index is -0.845. The van der Waals surface area contributed by atoms with E-state index in [1.807, 2.05) is 0 Å². The molecule has 0 bridgehead atoms. The Kier molecular flexibility index (Phi) is 9.73. The molecule has 0 aliphatic rings. The summed E-state index contributed by atoms with van der Waals surface area (Å²) < 4.78 is 15.3. The topological polar surface area (TPSA) is 135 Å². The Morgan fingerprint density at radius 1 is 0.622 bits per heavy atom. The summed E-state index contributed by atoms with van der Waals surface area (Å²) in [4.78, 5) is 25.5. The molecule has 0 fully saturated rings. The molecule has 0 atom stereocenters. The number of carbonyl (C=O) groups is 2. The fourth-order valence-corrected chi connectivity index (χ4v) is 2.81. The molecule has 2 amide bonds. The van der Waals surface area contributed by atoms with Crippen LogP contribution in [-0.2, 0) is 9.59 Å². The Hall–Kier alpha value is -5.19. The van der Waals surface area contributed by atoms with E-state index in [2.05, 4.69) is 31.6 Å². The maximum absolute atomic E-state index is 12.7. The number of nitrogens with zero attached hydrogens (tertiary/aromatic N) is 3. The molecule has 0 heterocycles. The van der Waals surface area contributed by atoms with Crippen LogP contribution in [0.5, 0.6) is 17.2 Å². The van der Waals surface area contributed by atoms with E-state index in [1.165, 1.54) is 12.4 Å². The number of nitrogens with one attached hydrogen (secondary N) is 3. The summed E-state index contributed by atoms with van der Waals surface area (Å²) in [5.74, 6) is 0.330. The van der Waals surface area contributed by atoms with Crippen molar-refractivity contribution >= 4 is 35.6 Å². The number of hydrazone groups is 3. The maximum Gasteiger partial charge on any atom is 0.297 e. The van der Waals surface area contributed by atoms with Crippen molar-refractivity contribution in [1.82, 2.24) is 10.9 Å². The summed E-state index contributed by atoms with van der Waals surface area (Å²) in [5.41, 5.74) is 8.74. The van der Waals surface area contributed by atoms with Gasteiger partial charge in [-0.1, -0.05) is 0 Å². The molecule has 3 N–H and O–H groups in total. The van der Waals surface area contributed by atoms with Gasteiger partial charge in [-0.15, -0.1) is 0 Å². The first kappa shape index (κ1) is 26.4. The molecule has 0 saturated heterocycles. The van der Waals surface area contributed by atoms with Crippen molar-refractivity contribution in [2.45, 2.75) is 0 Å². The molecular formula is C26H26N6O5. The predicted molar refractivity (Wildman–Crippen MR) is 142 cm³/mol. The zero-order valence-corrected chi connectivity index (χ0v) is 20.5. The van der Waals surface area contributed by atoms with Crippen molar-refractivity contribution in [2.75, 3.05) is 26.8 Å². The van der Waals surface area contributed by atoms with Gasteiger partial charge in [-0.25, -0.2) is 10.9 Å². The SMILES string of the molecule is COc1ccc(C=NNC(=O)C(=NNc2ccc(OC)cc2)C(=O)NN=Cc2ccc(OC)cc2)cc1. The van der Waals surface area contributed by atoms with Crippen LogP contribution in [0.4, 0.5) is 5.69 Å². The van der Waals surface area contributed by atoms with Crippen LogP contribution < -0.4 is 30.5 Å². The number of benzene rings is 3. The van der Waals surface area contributed by atoms with E-state index >= 15 is 0 Å². The second-order valence-electron chi connectivity index (χ2n) is 7.25. The monoisotopic (exact) mass is 502 g/mol. The molecule has 0 aromatic heterocycles. The third kappa shape index (κ3) is 8.21. The minimum Gasteiger partial charge on any atom is -0.497 e. The van der Waals surface area contributed by atoms with Crippen LogP contribution in [0.25, 0.3) is 0 Å². The number of rotatable bonds is 11. The molecule has 3 rings (SSSR count). The van der Waals surface area contributed by atoms with Gasteiger partial charge in [-0.2, -0.15) is 15.3 Å². The van der Waals surface area contributed by atoms with Gasteiger partial charge in [0.05, 0.1) is 39.4 Å². The van der Waals surface area contributed by atoms with Gasteiger partial charge in [0.25, 0.3) is 11.8 Å². The summed E-state index contributed by atoms with van der Waals surface area (Å²) in [6.45, 7) is 0. The fraction of sp³-hybridized carbons (Fsp3) is 0.115. The summed E-state index contributed by atoms with van der Waals surface area (Å²) in [6.07, 6.45) is 2.84. The Bertz CT molecular complexity index is 1200. The first-order chi connectivity index (χ1) is 18.0. The average Bonchev–Trinajstić information content (AvgIpc) is 2.94. The summed E-state index contributed by atoms with van der Waals surface area (Å²) in [7, 11) is 4.68. The molecule has 11 nitrogen and oxygen atoms in total. The lowest BCUT2D eigenvalue weighted by atomic mass is 10.2. The van der Waals surface area contributed by atoms with Crippen molar-refractivity contribution in [3.8, 4) is 17.2 Å². The largest absolute Gasteiger partial charge is 0.497 e. The Morgan fingerprint density at radius 3 is 1.38 bits per heavy atom. The number of hydrogen-bond acceptors (Lipinski definition) is 9. The molecule has 0 aliphatic carbocycles. The molecule has 3 aromatic rings. The summed E-state index contributed by atoms with van der Waals surface area (Å²) in [6, 6.07) is 20.8. The summed E-state index contributed by atoms with van der Waals surface area (Å²) in [5, 5.41) is 11.8. The predicted octanol–water partition coefficient (Wildman–Crippen LogP) is 2.78. The minimum absolute atomic E-state index is 0.491. The van der Waals surface area contributed by atoms with Crippen LogP contribution in [0, 0.1) is 0 Å². The third-order valence-corrected chi connectivity index (χ3v) is 4.81. The van der Waals surface area contributed by atoms with Gasteiger partial charge in [0.2, 0.25) is 5.71 Å². The number of carbonyl (C=O) groups excluding carboxylic acids is 2. The zero-order chi connectivity index (χ0) is 26.5. The second-order valence-corrected chi connectivity index (χ2v) is 7.25. The second kappa shape index (κ2) is 13.6. The first-order valence-electron chi connectivity index (χ1n) is 10.9. The highest BCUT2D eigenvalue weighted by atomic mass is 16.5. The molecule has 11 heteroatoms. The van der Waals surface area contributed by atoms with E-state index in [0.29, 0.717) is 34.1 Å². The number of anilines is 1. The van der Waals surface area contributed by atoms with Crippen molar-refractivity contribution in [2.24, 2.45) is 15.3 Å². The highest BCUT2D eigenvalue weighted by molar-refractivity contribution is 6.65. The van der Waals surface area contributed by atoms with Gasteiger partial charge >= 0.3 is 0 Å². The van der Waals surface area contributed by atoms with Gasteiger partial charge in [0.1, 0.15) is 17.2 Å². The van der Waals surface area contributed by atoms with Gasteiger partial charge in [-0.05, 0) is 83.9 Å². The molecule has 0 saturated carbocycles. The van der Waals surface area contributed by atoms with Crippen LogP contribution in [-0.4, -0.2) is 51.3 Å². The molecule has 0 unspecified atom stereocenters. The van der Waals surface area contributed by atoms with Gasteiger partial charge in [0, 0.05) is 0 Å². The smallest absolute Gasteiger partial charge is 0.297 e. The molecule has 190 valence electrons. The Labute approximate surface area is 213 Å². The van der Waals surface area contributed by atoms with Crippen molar-refractivity contribution in [1.29, 1.82) is 0 Å². The molecule has 3 aromatic carbocycles. The molecule has 0 radical (unpaired) electrons. The highest BCUT2D eigenvalue weighted by Crippen LogP contribution is 2.15. The van der Waals surface area contributed by atoms with E-state index < -0.39 is 17.5 Å². The van der Waals surface area contributed by atoms with Crippen LogP contribution in [0.1, 0.15) is 11.1 Å².